The van der Waals surface area contributed by atoms with Crippen LogP contribution in [0.1, 0.15) is 35.2 Å². The summed E-state index contributed by atoms with van der Waals surface area (Å²) >= 11 is 6.13. The van der Waals surface area contributed by atoms with Crippen LogP contribution >= 0.6 is 11.6 Å². The number of esters is 2. The molecule has 9 nitrogen and oxygen atoms in total. The molecule has 11 heteroatoms. The monoisotopic (exact) mass is 520 g/mol. The molecule has 186 valence electrons. The van der Waals surface area contributed by atoms with Crippen molar-refractivity contribution in [2.45, 2.75) is 24.2 Å². The number of hydrogen-bond acceptors (Lipinski definition) is 7. The van der Waals surface area contributed by atoms with Crippen molar-refractivity contribution in [3.8, 4) is 0 Å². The Labute approximate surface area is 208 Å². The Bertz CT molecular complexity index is 1220. The summed E-state index contributed by atoms with van der Waals surface area (Å²) in [5, 5.41) is 2.63. The first-order valence-electron chi connectivity index (χ1n) is 10.8. The summed E-state index contributed by atoms with van der Waals surface area (Å²) in [7, 11) is -2.42. The highest BCUT2D eigenvalue weighted by Gasteiger charge is 2.26. The van der Waals surface area contributed by atoms with Crippen LogP contribution in [0.25, 0.3) is 6.08 Å². The van der Waals surface area contributed by atoms with Gasteiger partial charge in [0, 0.05) is 19.2 Å². The van der Waals surface area contributed by atoms with Crippen LogP contribution in [0.3, 0.4) is 0 Å². The molecule has 0 atom stereocenters. The van der Waals surface area contributed by atoms with E-state index in [-0.39, 0.29) is 15.6 Å². The number of nitrogens with one attached hydrogen (secondary N) is 1. The largest absolute Gasteiger partial charge is 0.465 e. The van der Waals surface area contributed by atoms with E-state index in [4.69, 9.17) is 16.3 Å². The first-order chi connectivity index (χ1) is 16.7. The summed E-state index contributed by atoms with van der Waals surface area (Å²) < 4.78 is 36.7. The summed E-state index contributed by atoms with van der Waals surface area (Å²) in [6.07, 6.45) is 5.19. The van der Waals surface area contributed by atoms with Gasteiger partial charge in [-0.25, -0.2) is 18.0 Å². The van der Waals surface area contributed by atoms with Crippen LogP contribution in [-0.2, 0) is 29.1 Å². The van der Waals surface area contributed by atoms with Crippen molar-refractivity contribution in [2.75, 3.05) is 32.1 Å². The van der Waals surface area contributed by atoms with E-state index in [9.17, 15) is 22.8 Å². The number of carbonyl (C=O) groups excluding carboxylic acids is 3. The van der Waals surface area contributed by atoms with Crippen molar-refractivity contribution >= 4 is 51.2 Å². The Balaban J connectivity index is 1.56. The number of halogens is 1. The SMILES string of the molecule is COC(=O)c1ccc(C=CC(=O)OCC(=O)Nc2cc(S(=O)(=O)N3CCCCC3)ccc2Cl)cc1. The van der Waals surface area contributed by atoms with Crippen LogP contribution in [-0.4, -0.2) is 57.4 Å². The first-order valence-corrected chi connectivity index (χ1v) is 12.7. The Hall–Kier alpha value is -3.21. The van der Waals surface area contributed by atoms with Gasteiger partial charge in [-0.1, -0.05) is 30.2 Å². The fourth-order valence-corrected chi connectivity index (χ4v) is 5.11. The van der Waals surface area contributed by atoms with Gasteiger partial charge >= 0.3 is 11.9 Å². The number of ether oxygens (including phenoxy) is 2. The molecule has 0 aliphatic carbocycles. The third-order valence-corrected chi connectivity index (χ3v) is 7.48. The maximum absolute atomic E-state index is 12.9. The van der Waals surface area contributed by atoms with Gasteiger partial charge < -0.3 is 14.8 Å². The van der Waals surface area contributed by atoms with Crippen molar-refractivity contribution in [3.05, 3.63) is 64.7 Å². The molecular formula is C24H25ClN2O7S. The highest BCUT2D eigenvalue weighted by Crippen LogP contribution is 2.28. The molecule has 0 radical (unpaired) electrons. The lowest BCUT2D eigenvalue weighted by molar-refractivity contribution is -0.142. The molecule has 35 heavy (non-hydrogen) atoms. The minimum Gasteiger partial charge on any atom is -0.465 e. The molecular weight excluding hydrogens is 496 g/mol. The third-order valence-electron chi connectivity index (χ3n) is 5.25. The van der Waals surface area contributed by atoms with Crippen molar-refractivity contribution in [1.29, 1.82) is 0 Å². The maximum Gasteiger partial charge on any atom is 0.337 e. The number of rotatable bonds is 8. The van der Waals surface area contributed by atoms with E-state index in [1.165, 1.54) is 35.7 Å². The molecule has 1 aliphatic heterocycles. The third kappa shape index (κ3) is 7.14. The average molecular weight is 521 g/mol. The number of sulfonamides is 1. The second kappa shape index (κ2) is 12.0. The second-order valence-corrected chi connectivity index (χ2v) is 10.1. The summed E-state index contributed by atoms with van der Waals surface area (Å²) in [6.45, 7) is 0.307. The summed E-state index contributed by atoms with van der Waals surface area (Å²) in [4.78, 5) is 35.7. The molecule has 1 amide bonds. The fraction of sp³-hybridized carbons (Fsp3) is 0.292. The predicted molar refractivity (Wildman–Crippen MR) is 130 cm³/mol. The molecule has 1 aliphatic rings. The lowest BCUT2D eigenvalue weighted by Gasteiger charge is -2.26. The molecule has 1 N–H and O–H groups in total. The highest BCUT2D eigenvalue weighted by molar-refractivity contribution is 7.89. The molecule has 0 spiro atoms. The van der Waals surface area contributed by atoms with E-state index in [0.717, 1.165) is 25.3 Å². The highest BCUT2D eigenvalue weighted by atomic mass is 35.5. The van der Waals surface area contributed by atoms with Crippen LogP contribution in [0.4, 0.5) is 5.69 Å². The Morgan fingerprint density at radius 1 is 1.06 bits per heavy atom. The molecule has 0 saturated carbocycles. The quantitative estimate of drug-likeness (QED) is 0.418. The van der Waals surface area contributed by atoms with Gasteiger partial charge in [-0.3, -0.25) is 4.79 Å². The van der Waals surface area contributed by atoms with Crippen LogP contribution in [0, 0.1) is 0 Å². The normalized spacial score (nSPS) is 14.5. The minimum atomic E-state index is -3.70. The molecule has 3 rings (SSSR count). The Morgan fingerprint density at radius 3 is 2.40 bits per heavy atom. The van der Waals surface area contributed by atoms with Crippen molar-refractivity contribution in [1.82, 2.24) is 4.31 Å². The molecule has 1 heterocycles. The van der Waals surface area contributed by atoms with Crippen LogP contribution in [0.15, 0.2) is 53.4 Å². The molecule has 0 unspecified atom stereocenters. The zero-order valence-corrected chi connectivity index (χ0v) is 20.6. The van der Waals surface area contributed by atoms with Gasteiger partial charge in [-0.15, -0.1) is 0 Å². The van der Waals surface area contributed by atoms with E-state index >= 15 is 0 Å². The topological polar surface area (TPSA) is 119 Å². The second-order valence-electron chi connectivity index (χ2n) is 7.71. The molecule has 2 aromatic rings. The number of carbonyl (C=O) groups is 3. The van der Waals surface area contributed by atoms with Gasteiger partial charge in [0.15, 0.2) is 6.61 Å². The van der Waals surface area contributed by atoms with E-state index in [1.54, 1.807) is 24.3 Å². The van der Waals surface area contributed by atoms with Gasteiger partial charge in [0.1, 0.15) is 0 Å². The van der Waals surface area contributed by atoms with Crippen LogP contribution in [0.2, 0.25) is 5.02 Å². The summed E-state index contributed by atoms with van der Waals surface area (Å²) in [5.41, 5.74) is 1.11. The van der Waals surface area contributed by atoms with Crippen molar-refractivity contribution in [3.63, 3.8) is 0 Å². The van der Waals surface area contributed by atoms with Gasteiger partial charge in [0.25, 0.3) is 5.91 Å². The predicted octanol–water partition coefficient (Wildman–Crippen LogP) is 3.50. The molecule has 0 aromatic heterocycles. The van der Waals surface area contributed by atoms with E-state index < -0.39 is 34.5 Å². The lowest BCUT2D eigenvalue weighted by Crippen LogP contribution is -2.35. The number of benzene rings is 2. The number of piperidine rings is 1. The zero-order chi connectivity index (χ0) is 25.4. The first kappa shape index (κ1) is 26.4. The van der Waals surface area contributed by atoms with E-state index in [2.05, 4.69) is 10.1 Å². The standard InChI is InChI=1S/C24H25ClN2O7S/c1-33-24(30)18-8-5-17(6-9-18)7-12-23(29)34-16-22(28)26-21-15-19(10-11-20(21)25)35(31,32)27-13-3-2-4-14-27/h5-12,15H,2-4,13-14,16H2,1H3,(H,26,28). The molecule has 2 aromatic carbocycles. The Kier molecular flexibility index (Phi) is 9.02. The fourth-order valence-electron chi connectivity index (χ4n) is 3.40. The van der Waals surface area contributed by atoms with Gasteiger partial charge in [0.2, 0.25) is 10.0 Å². The maximum atomic E-state index is 12.9. The van der Waals surface area contributed by atoms with Crippen LogP contribution in [0.5, 0.6) is 0 Å². The minimum absolute atomic E-state index is 0.0252. The molecule has 0 bridgehead atoms. The van der Waals surface area contributed by atoms with E-state index in [0.29, 0.717) is 24.2 Å². The average Bonchev–Trinajstić information content (AvgIpc) is 2.87. The van der Waals surface area contributed by atoms with Crippen LogP contribution < -0.4 is 5.32 Å². The van der Waals surface area contributed by atoms with Gasteiger partial charge in [-0.2, -0.15) is 4.31 Å². The number of nitrogens with zero attached hydrogens (tertiary/aromatic N) is 1. The summed E-state index contributed by atoms with van der Waals surface area (Å²) in [6, 6.07) is 10.4. The van der Waals surface area contributed by atoms with Crippen molar-refractivity contribution < 1.29 is 32.3 Å². The number of methoxy groups -OCH3 is 1. The smallest absolute Gasteiger partial charge is 0.337 e. The van der Waals surface area contributed by atoms with Gasteiger partial charge in [-0.05, 0) is 54.8 Å². The summed E-state index contributed by atoms with van der Waals surface area (Å²) in [5.74, 6) is -1.91. The zero-order valence-electron chi connectivity index (χ0n) is 19.0. The Morgan fingerprint density at radius 2 is 1.74 bits per heavy atom. The van der Waals surface area contributed by atoms with E-state index in [1.807, 2.05) is 0 Å². The van der Waals surface area contributed by atoms with Gasteiger partial charge in [0.05, 0.1) is 28.3 Å². The number of amides is 1. The molecule has 1 saturated heterocycles. The van der Waals surface area contributed by atoms with Crippen molar-refractivity contribution in [2.24, 2.45) is 0 Å². The molecule has 1 fully saturated rings. The lowest BCUT2D eigenvalue weighted by atomic mass is 10.1. The number of hydrogen-bond donors (Lipinski definition) is 1. The number of anilines is 1.